The number of aliphatic hydroxyl groups excluding tert-OH is 11. The number of unbranched alkanes of at least 4 members (excludes halogenated alkanes) is 44. The molecule has 0 aromatic rings. The van der Waals surface area contributed by atoms with Crippen molar-refractivity contribution in [1.82, 2.24) is 5.32 Å². The van der Waals surface area contributed by atoms with Gasteiger partial charge in [-0.15, -0.1) is 0 Å². The third-order valence-electron chi connectivity index (χ3n) is 21.0. The molecule has 3 heterocycles. The molecular weight excluding hydrogens is 1320 g/mol. The van der Waals surface area contributed by atoms with E-state index in [0.29, 0.717) is 12.8 Å². The van der Waals surface area contributed by atoms with Crippen LogP contribution in [0.25, 0.3) is 0 Å². The molecule has 3 aliphatic heterocycles. The van der Waals surface area contributed by atoms with E-state index in [2.05, 4.69) is 67.8 Å². The van der Waals surface area contributed by atoms with Crippen LogP contribution < -0.4 is 5.32 Å². The molecule has 3 saturated heterocycles. The fraction of sp³-hybridized carbons (Fsp3) is 0.871. The number of carbonyl (C=O) groups excluding carboxylic acids is 1. The first-order valence-electron chi connectivity index (χ1n) is 42.5. The minimum atomic E-state index is -1.98. The molecular formula is C85H155NO18. The van der Waals surface area contributed by atoms with Gasteiger partial charge in [-0.25, -0.2) is 0 Å². The molecule has 19 nitrogen and oxygen atoms in total. The molecule has 0 aromatic carbocycles. The van der Waals surface area contributed by atoms with Crippen LogP contribution in [0.2, 0.25) is 0 Å². The van der Waals surface area contributed by atoms with Gasteiger partial charge in [0, 0.05) is 6.42 Å². The van der Waals surface area contributed by atoms with E-state index in [9.17, 15) is 61.0 Å². The second-order valence-corrected chi connectivity index (χ2v) is 30.3. The summed E-state index contributed by atoms with van der Waals surface area (Å²) in [6, 6.07) is -0.999. The molecule has 17 unspecified atom stereocenters. The Morgan fingerprint density at radius 1 is 0.346 bits per heavy atom. The number of nitrogens with one attached hydrogen (secondary N) is 1. The van der Waals surface area contributed by atoms with Crippen molar-refractivity contribution in [2.45, 2.75) is 446 Å². The zero-order chi connectivity index (χ0) is 75.3. The number of carbonyl (C=O) groups is 1. The Labute approximate surface area is 630 Å². The first kappa shape index (κ1) is 95.7. The van der Waals surface area contributed by atoms with Crippen LogP contribution >= 0.6 is 0 Å². The van der Waals surface area contributed by atoms with E-state index in [-0.39, 0.29) is 18.9 Å². The highest BCUT2D eigenvalue weighted by atomic mass is 16.8. The normalized spacial score (nSPS) is 26.2. The zero-order valence-corrected chi connectivity index (χ0v) is 65.3. The van der Waals surface area contributed by atoms with Crippen molar-refractivity contribution in [1.29, 1.82) is 0 Å². The summed E-state index contributed by atoms with van der Waals surface area (Å²) in [6.45, 7) is 1.75. The smallest absolute Gasteiger partial charge is 0.220 e. The third-order valence-corrected chi connectivity index (χ3v) is 21.0. The lowest BCUT2D eigenvalue weighted by Crippen LogP contribution is -2.66. The number of aliphatic hydroxyl groups is 11. The lowest BCUT2D eigenvalue weighted by molar-refractivity contribution is -0.379. The first-order chi connectivity index (χ1) is 50.8. The fourth-order valence-electron chi connectivity index (χ4n) is 14.2. The predicted molar refractivity (Wildman–Crippen MR) is 415 cm³/mol. The Hall–Kier alpha value is -2.51. The van der Waals surface area contributed by atoms with Gasteiger partial charge in [0.1, 0.15) is 73.2 Å². The number of ether oxygens (including phenoxy) is 6. The Bertz CT molecular complexity index is 2110. The highest BCUT2D eigenvalue weighted by molar-refractivity contribution is 5.76. The molecule has 17 atom stereocenters. The maximum atomic E-state index is 13.5. The van der Waals surface area contributed by atoms with Gasteiger partial charge in [-0.05, 0) is 77.0 Å². The minimum Gasteiger partial charge on any atom is -0.394 e. The van der Waals surface area contributed by atoms with E-state index in [1.165, 1.54) is 257 Å². The second kappa shape index (κ2) is 65.2. The summed E-state index contributed by atoms with van der Waals surface area (Å²) in [7, 11) is 0. The lowest BCUT2D eigenvalue weighted by atomic mass is 9.96. The Balaban J connectivity index is 1.36. The van der Waals surface area contributed by atoms with Gasteiger partial charge in [0.25, 0.3) is 0 Å². The van der Waals surface area contributed by atoms with Crippen LogP contribution in [0, 0.1) is 0 Å². The van der Waals surface area contributed by atoms with Gasteiger partial charge in [-0.3, -0.25) is 4.79 Å². The van der Waals surface area contributed by atoms with Crippen molar-refractivity contribution in [2.75, 3.05) is 26.4 Å². The molecule has 3 fully saturated rings. The van der Waals surface area contributed by atoms with E-state index in [1.807, 2.05) is 6.08 Å². The maximum absolute atomic E-state index is 13.5. The average Bonchev–Trinajstić information content (AvgIpc) is 0.783. The summed E-state index contributed by atoms with van der Waals surface area (Å²) in [5.74, 6) is -0.284. The van der Waals surface area contributed by atoms with Crippen LogP contribution in [-0.4, -0.2) is 193 Å². The summed E-state index contributed by atoms with van der Waals surface area (Å²) in [6.07, 6.45) is 57.9. The lowest BCUT2D eigenvalue weighted by Gasteiger charge is -2.48. The van der Waals surface area contributed by atoms with E-state index >= 15 is 0 Å². The number of hydrogen-bond donors (Lipinski definition) is 12. The number of allylic oxidation sites excluding steroid dienone is 9. The molecule has 3 aliphatic rings. The molecule has 0 aliphatic carbocycles. The molecule has 0 saturated carbocycles. The van der Waals surface area contributed by atoms with Gasteiger partial charge in [0.15, 0.2) is 18.9 Å². The number of amides is 1. The molecule has 12 N–H and O–H groups in total. The highest BCUT2D eigenvalue weighted by Crippen LogP contribution is 2.33. The monoisotopic (exact) mass is 1480 g/mol. The van der Waals surface area contributed by atoms with Crippen molar-refractivity contribution in [3.8, 4) is 0 Å². The van der Waals surface area contributed by atoms with Crippen LogP contribution in [0.15, 0.2) is 60.8 Å². The molecule has 1 amide bonds. The van der Waals surface area contributed by atoms with Crippen LogP contribution in [0.3, 0.4) is 0 Å². The first-order valence-corrected chi connectivity index (χ1v) is 42.5. The van der Waals surface area contributed by atoms with Crippen molar-refractivity contribution >= 4 is 5.91 Å². The van der Waals surface area contributed by atoms with Crippen molar-refractivity contribution in [3.63, 3.8) is 0 Å². The molecule has 0 spiro atoms. The summed E-state index contributed by atoms with van der Waals surface area (Å²) < 4.78 is 34.5. The van der Waals surface area contributed by atoms with Gasteiger partial charge in [-0.2, -0.15) is 0 Å². The van der Waals surface area contributed by atoms with E-state index < -0.39 is 124 Å². The van der Waals surface area contributed by atoms with Crippen molar-refractivity contribution in [2.24, 2.45) is 0 Å². The highest BCUT2D eigenvalue weighted by Gasteiger charge is 2.54. The van der Waals surface area contributed by atoms with Crippen molar-refractivity contribution in [3.05, 3.63) is 60.8 Å². The predicted octanol–water partition coefficient (Wildman–Crippen LogP) is 15.0. The van der Waals surface area contributed by atoms with Gasteiger partial charge < -0.3 is 89.9 Å². The van der Waals surface area contributed by atoms with Crippen LogP contribution in [0.1, 0.15) is 341 Å². The quantitative estimate of drug-likeness (QED) is 0.0199. The zero-order valence-electron chi connectivity index (χ0n) is 65.3. The van der Waals surface area contributed by atoms with E-state index in [4.69, 9.17) is 28.4 Å². The Kier molecular flexibility index (Phi) is 60.0. The topological polar surface area (TPSA) is 307 Å². The van der Waals surface area contributed by atoms with Gasteiger partial charge in [-0.1, -0.05) is 319 Å². The van der Waals surface area contributed by atoms with Gasteiger partial charge in [0.2, 0.25) is 5.91 Å². The van der Waals surface area contributed by atoms with Crippen LogP contribution in [0.5, 0.6) is 0 Å². The van der Waals surface area contributed by atoms with Crippen LogP contribution in [-0.2, 0) is 33.2 Å². The summed E-state index contributed by atoms with van der Waals surface area (Å²) in [5.41, 5.74) is 0. The average molecular weight is 1480 g/mol. The van der Waals surface area contributed by atoms with Crippen LogP contribution in [0.4, 0.5) is 0 Å². The summed E-state index contributed by atoms with van der Waals surface area (Å²) >= 11 is 0. The van der Waals surface area contributed by atoms with Crippen molar-refractivity contribution < 1.29 is 89.4 Å². The van der Waals surface area contributed by atoms with E-state index in [1.54, 1.807) is 6.08 Å². The molecule has 104 heavy (non-hydrogen) atoms. The SMILES string of the molecule is CCCCCCC/C=C\C/C=C\CCCCCCCCCCCCCCCCCCCCCCCC(=O)NC(COC1OC(CO)C(OC2OC(CO)C(OC3OC(CO)C(O)C(O)C3O)C(O)C2O)C(O)C1O)C(O)/C=C/CC/C=C/CC/C=C/CCCCCCCCCCCCCCCCCC. The Morgan fingerprint density at radius 3 is 1.02 bits per heavy atom. The second-order valence-electron chi connectivity index (χ2n) is 30.3. The fourth-order valence-corrected chi connectivity index (χ4v) is 14.2. The third kappa shape index (κ3) is 44.4. The standard InChI is InChI=1S/C85H155NO18/c1-3-5-7-9-11-13-15-17-19-21-23-25-27-29-31-32-33-34-35-36-37-39-41-43-45-47-49-51-53-55-57-59-61-63-73(91)86-68(69(90)62-60-58-56-54-52-50-48-46-44-42-40-38-30-28-26-24-22-20-18-16-14-12-10-8-6-4-2)67-99-83-79(97)76(94)81(71(65-88)101-83)104-85-80(98)77(95)82(72(66-89)102-85)103-84-78(96)75(93)74(92)70(64-87)100-84/h15,17,21,23,44,46,52,54,60,62,68-72,74-85,87-90,92-98H,3-14,16,18-20,22,24-43,45,47-51,53,55-59,61,63-67H2,1-2H3,(H,86,91)/b17-15-,23-21-,46-44+,54-52+,62-60+. The largest absolute Gasteiger partial charge is 0.394 e. The maximum Gasteiger partial charge on any atom is 0.220 e. The number of hydrogen-bond acceptors (Lipinski definition) is 18. The summed E-state index contributed by atoms with van der Waals surface area (Å²) in [5, 5.41) is 121. The minimum absolute atomic E-state index is 0.234. The molecule has 608 valence electrons. The Morgan fingerprint density at radius 2 is 0.644 bits per heavy atom. The van der Waals surface area contributed by atoms with Gasteiger partial charge >= 0.3 is 0 Å². The number of rotatable bonds is 68. The molecule has 0 radical (unpaired) electrons. The molecule has 3 rings (SSSR count). The molecule has 0 aromatic heterocycles. The molecule has 19 heteroatoms. The molecule has 0 bridgehead atoms. The van der Waals surface area contributed by atoms with Gasteiger partial charge in [0.05, 0.1) is 38.6 Å². The van der Waals surface area contributed by atoms with E-state index in [0.717, 1.165) is 51.4 Å². The summed E-state index contributed by atoms with van der Waals surface area (Å²) in [4.78, 5) is 13.5.